The van der Waals surface area contributed by atoms with Gasteiger partial charge in [-0.25, -0.2) is 14.8 Å². The number of hydrogen-bond acceptors (Lipinski definition) is 4. The average Bonchev–Trinajstić information content (AvgIpc) is 3.38. The summed E-state index contributed by atoms with van der Waals surface area (Å²) in [5, 5.41) is 6.39. The van der Waals surface area contributed by atoms with E-state index in [1.165, 1.54) is 37.8 Å². The summed E-state index contributed by atoms with van der Waals surface area (Å²) in [4.78, 5) is 21.9. The number of rotatable bonds is 7. The Hall–Kier alpha value is -2.99. The minimum absolute atomic E-state index is 0.0406. The Morgan fingerprint density at radius 3 is 2.53 bits per heavy atom. The number of nitrogens with zero attached hydrogens (tertiary/aromatic N) is 2. The van der Waals surface area contributed by atoms with Crippen molar-refractivity contribution >= 4 is 23.1 Å². The minimum atomic E-state index is -0.272. The van der Waals surface area contributed by atoms with E-state index in [1.807, 2.05) is 42.5 Å². The van der Waals surface area contributed by atoms with Gasteiger partial charge in [-0.3, -0.25) is 0 Å². The largest absolute Gasteiger partial charge is 0.489 e. The quantitative estimate of drug-likeness (QED) is 0.396. The monoisotopic (exact) mass is 473 g/mol. The van der Waals surface area contributed by atoms with Crippen LogP contribution in [0.1, 0.15) is 85.2 Å². The van der Waals surface area contributed by atoms with E-state index >= 15 is 0 Å². The van der Waals surface area contributed by atoms with Gasteiger partial charge in [0.05, 0.1) is 17.7 Å². The van der Waals surface area contributed by atoms with E-state index in [9.17, 15) is 4.79 Å². The fourth-order valence-electron chi connectivity index (χ4n) is 5.04. The number of hydrogen-bond donors (Lipinski definition) is 1. The number of aliphatic imine (C=N–C) groups is 1. The first kappa shape index (κ1) is 22.8. The van der Waals surface area contributed by atoms with E-state index in [-0.39, 0.29) is 18.0 Å². The summed E-state index contributed by atoms with van der Waals surface area (Å²) in [6.07, 6.45) is 7.10. The molecule has 0 spiro atoms. The van der Waals surface area contributed by atoms with Crippen LogP contribution in [-0.2, 0) is 6.61 Å². The van der Waals surface area contributed by atoms with Gasteiger partial charge >= 0.3 is 6.03 Å². The second-order valence-electron chi connectivity index (χ2n) is 9.15. The molecule has 1 aliphatic carbocycles. The zero-order valence-corrected chi connectivity index (χ0v) is 20.4. The zero-order valence-electron chi connectivity index (χ0n) is 19.6. The summed E-state index contributed by atoms with van der Waals surface area (Å²) < 4.78 is 5.96. The van der Waals surface area contributed by atoms with E-state index in [2.05, 4.69) is 34.7 Å². The maximum atomic E-state index is 12.4. The Bertz CT molecular complexity index is 1130. The molecule has 0 saturated heterocycles. The van der Waals surface area contributed by atoms with Crippen LogP contribution < -0.4 is 10.1 Å². The number of nitrogens with one attached hydrogen (secondary N) is 1. The second-order valence-corrected chi connectivity index (χ2v) is 10.0. The van der Waals surface area contributed by atoms with Crippen molar-refractivity contribution in [3.63, 3.8) is 0 Å². The number of urea groups is 1. The van der Waals surface area contributed by atoms with Crippen molar-refractivity contribution in [1.82, 2.24) is 10.3 Å². The molecule has 176 valence electrons. The SMILES string of the molecule is CCC1=NC(=O)NC(c2ccc(OCc3ccccc3)cc2)C1c1nc(C2CCCCC2)cs1. The molecule has 2 aromatic carbocycles. The molecule has 3 aromatic rings. The molecule has 1 fully saturated rings. The van der Waals surface area contributed by atoms with E-state index in [0.29, 0.717) is 12.5 Å². The van der Waals surface area contributed by atoms with Gasteiger partial charge in [0.1, 0.15) is 17.4 Å². The molecule has 2 unspecified atom stereocenters. The molecule has 5 nitrogen and oxygen atoms in total. The Kier molecular flexibility index (Phi) is 7.05. The lowest BCUT2D eigenvalue weighted by Gasteiger charge is -2.31. The molecule has 1 aromatic heterocycles. The summed E-state index contributed by atoms with van der Waals surface area (Å²) in [5.41, 5.74) is 4.30. The van der Waals surface area contributed by atoms with Crippen molar-refractivity contribution < 1.29 is 9.53 Å². The van der Waals surface area contributed by atoms with E-state index in [4.69, 9.17) is 9.72 Å². The fourth-order valence-corrected chi connectivity index (χ4v) is 6.11. The topological polar surface area (TPSA) is 63.6 Å². The van der Waals surface area contributed by atoms with Crippen LogP contribution >= 0.6 is 11.3 Å². The molecule has 1 saturated carbocycles. The van der Waals surface area contributed by atoms with Gasteiger partial charge in [0.15, 0.2) is 0 Å². The van der Waals surface area contributed by atoms with Crippen LogP contribution in [-0.4, -0.2) is 16.7 Å². The molecule has 2 heterocycles. The number of thiazole rings is 1. The molecule has 0 radical (unpaired) electrons. The normalized spacial score (nSPS) is 21.1. The van der Waals surface area contributed by atoms with Crippen LogP contribution in [0.25, 0.3) is 0 Å². The van der Waals surface area contributed by atoms with Gasteiger partial charge in [0.2, 0.25) is 0 Å². The lowest BCUT2D eigenvalue weighted by Crippen LogP contribution is -2.39. The molecular weight excluding hydrogens is 442 g/mol. The van der Waals surface area contributed by atoms with Gasteiger partial charge < -0.3 is 10.1 Å². The van der Waals surface area contributed by atoms with Crippen molar-refractivity contribution in [1.29, 1.82) is 0 Å². The van der Waals surface area contributed by atoms with Crippen molar-refractivity contribution in [2.24, 2.45) is 4.99 Å². The van der Waals surface area contributed by atoms with Crippen LogP contribution in [0.5, 0.6) is 5.75 Å². The summed E-state index contributed by atoms with van der Waals surface area (Å²) in [6, 6.07) is 17.7. The average molecular weight is 474 g/mol. The number of aromatic nitrogens is 1. The highest BCUT2D eigenvalue weighted by Gasteiger charge is 2.36. The first-order chi connectivity index (χ1) is 16.7. The minimum Gasteiger partial charge on any atom is -0.489 e. The van der Waals surface area contributed by atoms with Crippen molar-refractivity contribution in [2.75, 3.05) is 0 Å². The summed E-state index contributed by atoms with van der Waals surface area (Å²) in [5.74, 6) is 1.34. The van der Waals surface area contributed by atoms with E-state index < -0.39 is 0 Å². The maximum Gasteiger partial charge on any atom is 0.341 e. The molecule has 5 rings (SSSR count). The Morgan fingerprint density at radius 1 is 1.03 bits per heavy atom. The first-order valence-corrected chi connectivity index (χ1v) is 13.2. The van der Waals surface area contributed by atoms with Crippen LogP contribution in [0.2, 0.25) is 0 Å². The van der Waals surface area contributed by atoms with Crippen molar-refractivity contribution in [2.45, 2.75) is 69.9 Å². The van der Waals surface area contributed by atoms with E-state index in [1.54, 1.807) is 11.3 Å². The molecule has 1 N–H and O–H groups in total. The van der Waals surface area contributed by atoms with Gasteiger partial charge in [0, 0.05) is 17.0 Å². The van der Waals surface area contributed by atoms with Gasteiger partial charge in [-0.15, -0.1) is 11.3 Å². The van der Waals surface area contributed by atoms with Gasteiger partial charge in [-0.2, -0.15) is 0 Å². The molecule has 1 aliphatic heterocycles. The van der Waals surface area contributed by atoms with Crippen LogP contribution in [0, 0.1) is 0 Å². The number of carbonyl (C=O) groups excluding carboxylic acids is 1. The van der Waals surface area contributed by atoms with Gasteiger partial charge in [-0.05, 0) is 42.5 Å². The molecule has 2 amide bonds. The fraction of sp³-hybridized carbons (Fsp3) is 0.393. The third kappa shape index (κ3) is 5.07. The molecule has 2 aliphatic rings. The van der Waals surface area contributed by atoms with Crippen LogP contribution in [0.15, 0.2) is 65.0 Å². The highest BCUT2D eigenvalue weighted by atomic mass is 32.1. The molecule has 6 heteroatoms. The van der Waals surface area contributed by atoms with E-state index in [0.717, 1.165) is 34.0 Å². The first-order valence-electron chi connectivity index (χ1n) is 12.3. The third-order valence-electron chi connectivity index (χ3n) is 6.90. The maximum absolute atomic E-state index is 12.4. The van der Waals surface area contributed by atoms with Gasteiger partial charge in [0.25, 0.3) is 0 Å². The summed E-state index contributed by atoms with van der Waals surface area (Å²) >= 11 is 1.71. The van der Waals surface area contributed by atoms with Crippen LogP contribution in [0.4, 0.5) is 4.79 Å². The lowest BCUT2D eigenvalue weighted by molar-refractivity contribution is 0.242. The smallest absolute Gasteiger partial charge is 0.341 e. The molecule has 2 atom stereocenters. The number of amides is 2. The van der Waals surface area contributed by atoms with Gasteiger partial charge in [-0.1, -0.05) is 68.7 Å². The molecular formula is C28H31N3O2S. The standard InChI is InChI=1S/C28H31N3O2S/c1-2-23-25(27-29-24(18-34-27)20-11-7-4-8-12-20)26(31-28(32)30-23)21-13-15-22(16-14-21)33-17-19-9-5-3-6-10-19/h3,5-6,9-10,13-16,18,20,25-26H,2,4,7-8,11-12,17H2,1H3,(H,31,32). The molecule has 0 bridgehead atoms. The van der Waals surface area contributed by atoms with Crippen LogP contribution in [0.3, 0.4) is 0 Å². The lowest BCUT2D eigenvalue weighted by atomic mass is 9.86. The Morgan fingerprint density at radius 2 is 1.79 bits per heavy atom. The van der Waals surface area contributed by atoms with Crippen molar-refractivity contribution in [3.05, 3.63) is 81.8 Å². The Balaban J connectivity index is 1.37. The zero-order chi connectivity index (χ0) is 23.3. The Labute approximate surface area is 205 Å². The number of benzene rings is 2. The highest BCUT2D eigenvalue weighted by Crippen LogP contribution is 2.40. The summed E-state index contributed by atoms with van der Waals surface area (Å²) in [7, 11) is 0. The highest BCUT2D eigenvalue weighted by molar-refractivity contribution is 7.09. The predicted octanol–water partition coefficient (Wildman–Crippen LogP) is 7.17. The molecule has 34 heavy (non-hydrogen) atoms. The predicted molar refractivity (Wildman–Crippen MR) is 137 cm³/mol. The number of carbonyl (C=O) groups is 1. The third-order valence-corrected chi connectivity index (χ3v) is 7.84. The number of ether oxygens (including phenoxy) is 1. The summed E-state index contributed by atoms with van der Waals surface area (Å²) in [6.45, 7) is 2.59. The second kappa shape index (κ2) is 10.5. The van der Waals surface area contributed by atoms with Crippen molar-refractivity contribution in [3.8, 4) is 5.75 Å².